The molecule has 49 heavy (non-hydrogen) atoms. The number of ether oxygens (including phenoxy) is 5. The van der Waals surface area contributed by atoms with Gasteiger partial charge in [-0.1, -0.05) is 77.9 Å². The Bertz CT molecular complexity index is 1760. The van der Waals surface area contributed by atoms with Crippen LogP contribution in [0.2, 0.25) is 0 Å². The van der Waals surface area contributed by atoms with Crippen molar-refractivity contribution in [3.8, 4) is 0 Å². The molecule has 0 spiro atoms. The molecular formula is C37H43NO10S. The number of rotatable bonds is 12. The number of carbonyl (C=O) groups excluding carboxylic acids is 3. The number of nitrogens with zero attached hydrogens (tertiary/aromatic N) is 1. The molecule has 12 heteroatoms. The van der Waals surface area contributed by atoms with E-state index in [2.05, 4.69) is 0 Å². The lowest BCUT2D eigenvalue weighted by molar-refractivity contribution is -0.290. The summed E-state index contributed by atoms with van der Waals surface area (Å²) in [4.78, 5) is 44.5. The third-order valence-electron chi connectivity index (χ3n) is 9.18. The zero-order valence-corrected chi connectivity index (χ0v) is 29.5. The van der Waals surface area contributed by atoms with Crippen LogP contribution in [0, 0.1) is 19.3 Å². The average Bonchev–Trinajstić information content (AvgIpc) is 3.53. The molecule has 2 aliphatic heterocycles. The Labute approximate surface area is 287 Å². The molecule has 0 amide bonds. The molecule has 2 heterocycles. The fraction of sp³-hybridized carbons (Fsp3) is 0.432. The van der Waals surface area contributed by atoms with E-state index in [4.69, 9.17) is 23.7 Å². The van der Waals surface area contributed by atoms with Crippen molar-refractivity contribution in [2.24, 2.45) is 5.41 Å². The molecule has 11 nitrogen and oxygen atoms in total. The molecule has 262 valence electrons. The molecule has 4 atom stereocenters. The maximum Gasteiger partial charge on any atom is 0.345 e. The van der Waals surface area contributed by atoms with Crippen LogP contribution in [-0.2, 0) is 48.1 Å². The lowest BCUT2D eigenvalue weighted by atomic mass is 9.67. The van der Waals surface area contributed by atoms with Crippen LogP contribution in [0.15, 0.2) is 83.8 Å². The van der Waals surface area contributed by atoms with Crippen molar-refractivity contribution in [3.05, 3.63) is 101 Å². The number of hydrogen-bond donors (Lipinski definition) is 0. The highest BCUT2D eigenvalue weighted by Crippen LogP contribution is 2.72. The van der Waals surface area contributed by atoms with Gasteiger partial charge in [-0.15, -0.1) is 0 Å². The van der Waals surface area contributed by atoms with Crippen molar-refractivity contribution < 1.29 is 46.5 Å². The average molecular weight is 694 g/mol. The summed E-state index contributed by atoms with van der Waals surface area (Å²) in [5, 5.41) is 0. The van der Waals surface area contributed by atoms with Gasteiger partial charge in [0.1, 0.15) is 5.41 Å². The van der Waals surface area contributed by atoms with Gasteiger partial charge in [0.25, 0.3) is 5.54 Å². The number of fused-ring (bicyclic) bond motifs is 1. The van der Waals surface area contributed by atoms with Crippen molar-refractivity contribution in [2.45, 2.75) is 76.3 Å². The standard InChI is InChI=1S/C37H43NO10S/c1-7-44-32(39)35-24-30(27-20-16-25(5)17-21-27)48-37(35,47-10-4)36(33(40)45-8-2,34(41)46-9-3)38(31(35)28-14-12-11-13-15-28)49(42,43)29-22-18-26(6)19-23-29/h11-23,30-31H,7-10,24H2,1-6H3/t30-,31-,35+,37+/m1/s1. The van der Waals surface area contributed by atoms with E-state index in [1.54, 1.807) is 63.2 Å². The zero-order chi connectivity index (χ0) is 35.6. The third kappa shape index (κ3) is 5.45. The molecule has 0 radical (unpaired) electrons. The minimum absolute atomic E-state index is 0.101. The van der Waals surface area contributed by atoms with E-state index in [9.17, 15) is 14.4 Å². The number of sulfonamides is 1. The van der Waals surface area contributed by atoms with E-state index in [-0.39, 0.29) is 37.7 Å². The van der Waals surface area contributed by atoms with E-state index in [1.807, 2.05) is 31.2 Å². The molecule has 2 aliphatic rings. The monoisotopic (exact) mass is 693 g/mol. The van der Waals surface area contributed by atoms with Gasteiger partial charge in [0, 0.05) is 13.0 Å². The summed E-state index contributed by atoms with van der Waals surface area (Å²) in [5.74, 6) is -6.18. The summed E-state index contributed by atoms with van der Waals surface area (Å²) in [6.45, 7) is 9.17. The molecule has 0 bridgehead atoms. The zero-order valence-electron chi connectivity index (χ0n) is 28.6. The first-order valence-corrected chi connectivity index (χ1v) is 17.9. The Morgan fingerprint density at radius 1 is 0.714 bits per heavy atom. The minimum atomic E-state index is -4.90. The second-order valence-corrected chi connectivity index (χ2v) is 13.9. The highest BCUT2D eigenvalue weighted by atomic mass is 32.2. The Kier molecular flexibility index (Phi) is 10.4. The van der Waals surface area contributed by atoms with Crippen LogP contribution in [0.25, 0.3) is 0 Å². The molecule has 0 unspecified atom stereocenters. The van der Waals surface area contributed by atoms with E-state index in [0.29, 0.717) is 11.1 Å². The number of aryl methyl sites for hydroxylation is 2. The molecule has 0 N–H and O–H groups in total. The number of esters is 3. The van der Waals surface area contributed by atoms with Crippen LogP contribution in [0.3, 0.4) is 0 Å². The van der Waals surface area contributed by atoms with Crippen molar-refractivity contribution in [1.82, 2.24) is 4.31 Å². The summed E-state index contributed by atoms with van der Waals surface area (Å²) in [7, 11) is -4.90. The number of hydrogen-bond acceptors (Lipinski definition) is 10. The van der Waals surface area contributed by atoms with Gasteiger partial charge in [0.05, 0.1) is 36.9 Å². The maximum absolute atomic E-state index is 15.3. The Hall–Kier alpha value is -4.10. The highest BCUT2D eigenvalue weighted by Gasteiger charge is 2.92. The van der Waals surface area contributed by atoms with E-state index >= 15 is 8.42 Å². The van der Waals surface area contributed by atoms with Gasteiger partial charge in [0.15, 0.2) is 0 Å². The highest BCUT2D eigenvalue weighted by molar-refractivity contribution is 7.89. The minimum Gasteiger partial charge on any atom is -0.465 e. The molecule has 0 saturated carbocycles. The predicted octanol–water partition coefficient (Wildman–Crippen LogP) is 5.36. The van der Waals surface area contributed by atoms with Crippen LogP contribution < -0.4 is 0 Å². The first-order valence-electron chi connectivity index (χ1n) is 16.5. The SMILES string of the molecule is CCOC(=O)C1(C(=O)OCC)N(S(=O)(=O)c2ccc(C)cc2)[C@H](c2ccccc2)[C@]2(C(=O)OCC)C[C@H](c3ccc(C)cc3)O[C@]12OCC. The maximum atomic E-state index is 15.3. The smallest absolute Gasteiger partial charge is 0.345 e. The lowest BCUT2D eigenvalue weighted by Crippen LogP contribution is -2.73. The molecule has 0 aromatic heterocycles. The molecule has 2 fully saturated rings. The fourth-order valence-electron chi connectivity index (χ4n) is 7.24. The number of carbonyl (C=O) groups is 3. The number of benzene rings is 3. The van der Waals surface area contributed by atoms with Crippen molar-refractivity contribution >= 4 is 27.9 Å². The fourth-order valence-corrected chi connectivity index (χ4v) is 9.16. The molecule has 5 rings (SSSR count). The van der Waals surface area contributed by atoms with Gasteiger partial charge in [-0.05, 0) is 64.8 Å². The summed E-state index contributed by atoms with van der Waals surface area (Å²) < 4.78 is 61.8. The van der Waals surface area contributed by atoms with Gasteiger partial charge in [0.2, 0.25) is 15.8 Å². The molecule has 2 saturated heterocycles. The normalized spacial score (nSPS) is 24.6. The van der Waals surface area contributed by atoms with Crippen LogP contribution >= 0.6 is 0 Å². The molecular weight excluding hydrogens is 650 g/mol. The van der Waals surface area contributed by atoms with Gasteiger partial charge >= 0.3 is 17.9 Å². The van der Waals surface area contributed by atoms with Crippen molar-refractivity contribution in [1.29, 1.82) is 0 Å². The van der Waals surface area contributed by atoms with Crippen LogP contribution in [0.1, 0.15) is 68.5 Å². The Morgan fingerprint density at radius 2 is 1.22 bits per heavy atom. The lowest BCUT2D eigenvalue weighted by Gasteiger charge is -2.44. The summed E-state index contributed by atoms with van der Waals surface area (Å²) in [6.07, 6.45) is -1.19. The van der Waals surface area contributed by atoms with Crippen LogP contribution in [0.4, 0.5) is 0 Å². The molecule has 0 aliphatic carbocycles. The van der Waals surface area contributed by atoms with Crippen LogP contribution in [0.5, 0.6) is 0 Å². The van der Waals surface area contributed by atoms with Crippen molar-refractivity contribution in [2.75, 3.05) is 26.4 Å². The van der Waals surface area contributed by atoms with Crippen molar-refractivity contribution in [3.63, 3.8) is 0 Å². The largest absolute Gasteiger partial charge is 0.465 e. The Morgan fingerprint density at radius 3 is 1.73 bits per heavy atom. The van der Waals surface area contributed by atoms with E-state index < -0.39 is 56.8 Å². The summed E-state index contributed by atoms with van der Waals surface area (Å²) in [6, 6.07) is 20.1. The van der Waals surface area contributed by atoms with E-state index in [0.717, 1.165) is 15.4 Å². The van der Waals surface area contributed by atoms with Crippen LogP contribution in [-0.4, -0.2) is 68.4 Å². The third-order valence-corrected chi connectivity index (χ3v) is 11.1. The second kappa shape index (κ2) is 14.0. The van der Waals surface area contributed by atoms with Gasteiger partial charge in [-0.2, -0.15) is 4.31 Å². The topological polar surface area (TPSA) is 135 Å². The first kappa shape index (κ1) is 36.2. The second-order valence-electron chi connectivity index (χ2n) is 12.0. The first-order chi connectivity index (χ1) is 23.4. The summed E-state index contributed by atoms with van der Waals surface area (Å²) in [5.41, 5.74) is -2.55. The van der Waals surface area contributed by atoms with Gasteiger partial charge in [-0.3, -0.25) is 4.79 Å². The molecule has 3 aromatic rings. The van der Waals surface area contributed by atoms with E-state index in [1.165, 1.54) is 26.0 Å². The Balaban J connectivity index is 2.02. The summed E-state index contributed by atoms with van der Waals surface area (Å²) >= 11 is 0. The quantitative estimate of drug-likeness (QED) is 0.139. The predicted molar refractivity (Wildman–Crippen MR) is 178 cm³/mol. The van der Waals surface area contributed by atoms with Gasteiger partial charge < -0.3 is 23.7 Å². The molecule has 3 aromatic carbocycles. The van der Waals surface area contributed by atoms with Gasteiger partial charge in [-0.25, -0.2) is 18.0 Å².